The first-order chi connectivity index (χ1) is 12.5. The Kier molecular flexibility index (Phi) is 5.81. The molecule has 0 spiro atoms. The maximum absolute atomic E-state index is 12.7. The van der Waals surface area contributed by atoms with Gasteiger partial charge in [0.2, 0.25) is 0 Å². The molecule has 2 fully saturated rings. The number of aryl methyl sites for hydroxylation is 1. The predicted molar refractivity (Wildman–Crippen MR) is 100 cm³/mol. The number of amides is 2. The Bertz CT molecular complexity index is 640. The number of benzene rings is 1. The second kappa shape index (κ2) is 8.08. The molecular formula is C20H29N3O3. The van der Waals surface area contributed by atoms with E-state index in [1.54, 1.807) is 0 Å². The number of carbonyl (C=O) groups is 2. The van der Waals surface area contributed by atoms with E-state index in [0.717, 1.165) is 38.8 Å². The third kappa shape index (κ3) is 4.18. The summed E-state index contributed by atoms with van der Waals surface area (Å²) in [6.07, 6.45) is 3.69. The van der Waals surface area contributed by atoms with Crippen molar-refractivity contribution in [3.05, 3.63) is 35.4 Å². The SMILES string of the molecule is CCN(CC(=O)O)C1CC(NC(=O)N2CCCC2c2ccc(C)cc2)C1. The van der Waals surface area contributed by atoms with Crippen molar-refractivity contribution < 1.29 is 14.7 Å². The van der Waals surface area contributed by atoms with Crippen LogP contribution in [0.3, 0.4) is 0 Å². The molecule has 2 N–H and O–H groups in total. The van der Waals surface area contributed by atoms with Crippen molar-refractivity contribution >= 4 is 12.0 Å². The number of hydrogen-bond acceptors (Lipinski definition) is 3. The highest BCUT2D eigenvalue weighted by Gasteiger charge is 2.37. The van der Waals surface area contributed by atoms with E-state index in [9.17, 15) is 9.59 Å². The quantitative estimate of drug-likeness (QED) is 0.819. The molecule has 0 radical (unpaired) electrons. The van der Waals surface area contributed by atoms with Gasteiger partial charge in [-0.3, -0.25) is 9.69 Å². The molecule has 26 heavy (non-hydrogen) atoms. The summed E-state index contributed by atoms with van der Waals surface area (Å²) in [5, 5.41) is 12.1. The molecule has 3 rings (SSSR count). The minimum Gasteiger partial charge on any atom is -0.480 e. The lowest BCUT2D eigenvalue weighted by molar-refractivity contribution is -0.139. The second-order valence-electron chi connectivity index (χ2n) is 7.49. The topological polar surface area (TPSA) is 72.9 Å². The van der Waals surface area contributed by atoms with Crippen LogP contribution in [-0.2, 0) is 4.79 Å². The molecule has 1 saturated heterocycles. The molecule has 1 aliphatic carbocycles. The number of nitrogens with one attached hydrogen (secondary N) is 1. The van der Waals surface area contributed by atoms with E-state index in [1.807, 2.05) is 16.7 Å². The summed E-state index contributed by atoms with van der Waals surface area (Å²) in [4.78, 5) is 27.6. The van der Waals surface area contributed by atoms with E-state index in [-0.39, 0.29) is 30.7 Å². The van der Waals surface area contributed by atoms with Crippen molar-refractivity contribution in [2.75, 3.05) is 19.6 Å². The molecule has 1 unspecified atom stereocenters. The molecule has 1 aromatic rings. The summed E-state index contributed by atoms with van der Waals surface area (Å²) >= 11 is 0. The number of carbonyl (C=O) groups excluding carboxylic acids is 1. The monoisotopic (exact) mass is 359 g/mol. The van der Waals surface area contributed by atoms with Gasteiger partial charge in [0.15, 0.2) is 0 Å². The fourth-order valence-corrected chi connectivity index (χ4v) is 4.08. The van der Waals surface area contributed by atoms with Gasteiger partial charge < -0.3 is 15.3 Å². The number of carboxylic acids is 1. The highest BCUT2D eigenvalue weighted by atomic mass is 16.4. The van der Waals surface area contributed by atoms with Crippen LogP contribution < -0.4 is 5.32 Å². The highest BCUT2D eigenvalue weighted by Crippen LogP contribution is 2.33. The number of hydrogen-bond donors (Lipinski definition) is 2. The van der Waals surface area contributed by atoms with Crippen molar-refractivity contribution in [3.63, 3.8) is 0 Å². The van der Waals surface area contributed by atoms with E-state index in [1.165, 1.54) is 11.1 Å². The third-order valence-corrected chi connectivity index (χ3v) is 5.68. The first-order valence-corrected chi connectivity index (χ1v) is 9.57. The molecule has 2 amide bonds. The molecule has 0 aromatic heterocycles. The zero-order valence-corrected chi connectivity index (χ0v) is 15.6. The van der Waals surface area contributed by atoms with Gasteiger partial charge in [-0.2, -0.15) is 0 Å². The summed E-state index contributed by atoms with van der Waals surface area (Å²) in [5.74, 6) is -0.794. The molecule has 1 heterocycles. The van der Waals surface area contributed by atoms with E-state index in [0.29, 0.717) is 0 Å². The van der Waals surface area contributed by atoms with E-state index in [2.05, 4.69) is 36.5 Å². The third-order valence-electron chi connectivity index (χ3n) is 5.68. The Balaban J connectivity index is 1.52. The van der Waals surface area contributed by atoms with Crippen LogP contribution in [0.5, 0.6) is 0 Å². The molecule has 1 aliphatic heterocycles. The van der Waals surface area contributed by atoms with E-state index in [4.69, 9.17) is 5.11 Å². The lowest BCUT2D eigenvalue weighted by Gasteiger charge is -2.43. The normalized spacial score (nSPS) is 25.2. The van der Waals surface area contributed by atoms with Crippen LogP contribution in [0.2, 0.25) is 0 Å². The summed E-state index contributed by atoms with van der Waals surface area (Å²) in [7, 11) is 0. The second-order valence-corrected chi connectivity index (χ2v) is 7.49. The molecule has 6 nitrogen and oxygen atoms in total. The minimum absolute atomic E-state index is 0.0119. The molecule has 1 saturated carbocycles. The van der Waals surface area contributed by atoms with Crippen molar-refractivity contribution in [1.29, 1.82) is 0 Å². The standard InChI is InChI=1S/C20H29N3O3/c1-3-22(13-19(24)25)17-11-16(12-17)21-20(26)23-10-4-5-18(23)15-8-6-14(2)7-9-15/h6-9,16-18H,3-5,10-13H2,1-2H3,(H,21,26)(H,24,25). The van der Waals surface area contributed by atoms with Gasteiger partial charge in [-0.15, -0.1) is 0 Å². The number of aliphatic carboxylic acids is 1. The molecule has 1 aromatic carbocycles. The van der Waals surface area contributed by atoms with Gasteiger partial charge in [-0.1, -0.05) is 36.8 Å². The summed E-state index contributed by atoms with van der Waals surface area (Å²) in [5.41, 5.74) is 2.43. The Morgan fingerprint density at radius 3 is 2.58 bits per heavy atom. The van der Waals surface area contributed by atoms with Gasteiger partial charge in [0.25, 0.3) is 0 Å². The minimum atomic E-state index is -0.794. The van der Waals surface area contributed by atoms with Crippen molar-refractivity contribution in [2.45, 2.75) is 57.7 Å². The zero-order valence-electron chi connectivity index (χ0n) is 15.6. The predicted octanol–water partition coefficient (Wildman–Crippen LogP) is 2.78. The van der Waals surface area contributed by atoms with Crippen molar-refractivity contribution in [3.8, 4) is 0 Å². The maximum atomic E-state index is 12.7. The average molecular weight is 359 g/mol. The van der Waals surface area contributed by atoms with Crippen LogP contribution in [0.15, 0.2) is 24.3 Å². The summed E-state index contributed by atoms with van der Waals surface area (Å²) in [6.45, 7) is 5.63. The lowest BCUT2D eigenvalue weighted by Crippen LogP contribution is -2.56. The number of carboxylic acid groups (broad SMARTS) is 1. The molecule has 6 heteroatoms. The fourth-order valence-electron chi connectivity index (χ4n) is 4.08. The average Bonchev–Trinajstić information content (AvgIpc) is 3.06. The van der Waals surface area contributed by atoms with Gasteiger partial charge in [-0.05, 0) is 44.7 Å². The Morgan fingerprint density at radius 2 is 1.96 bits per heavy atom. The Morgan fingerprint density at radius 1 is 1.27 bits per heavy atom. The summed E-state index contributed by atoms with van der Waals surface area (Å²) in [6, 6.07) is 9.02. The van der Waals surface area contributed by atoms with E-state index >= 15 is 0 Å². The number of likely N-dealkylation sites (N-methyl/N-ethyl adjacent to an activating group) is 1. The molecule has 142 valence electrons. The van der Waals surface area contributed by atoms with Crippen LogP contribution >= 0.6 is 0 Å². The van der Waals surface area contributed by atoms with Gasteiger partial charge in [0, 0.05) is 18.6 Å². The molecule has 1 atom stereocenters. The van der Waals surface area contributed by atoms with Gasteiger partial charge in [-0.25, -0.2) is 4.79 Å². The van der Waals surface area contributed by atoms with Crippen molar-refractivity contribution in [2.24, 2.45) is 0 Å². The molecular weight excluding hydrogens is 330 g/mol. The largest absolute Gasteiger partial charge is 0.480 e. The summed E-state index contributed by atoms with van der Waals surface area (Å²) < 4.78 is 0. The van der Waals surface area contributed by atoms with E-state index < -0.39 is 5.97 Å². The van der Waals surface area contributed by atoms with Crippen LogP contribution in [0.25, 0.3) is 0 Å². The van der Waals surface area contributed by atoms with Gasteiger partial charge in [0.05, 0.1) is 12.6 Å². The Labute approximate surface area is 155 Å². The van der Waals surface area contributed by atoms with Crippen LogP contribution in [-0.4, -0.2) is 58.6 Å². The molecule has 2 aliphatic rings. The number of rotatable bonds is 6. The Hall–Kier alpha value is -2.08. The zero-order chi connectivity index (χ0) is 18.7. The maximum Gasteiger partial charge on any atom is 0.318 e. The van der Waals surface area contributed by atoms with Gasteiger partial charge in [0.1, 0.15) is 0 Å². The van der Waals surface area contributed by atoms with Crippen LogP contribution in [0.4, 0.5) is 4.79 Å². The first kappa shape index (κ1) is 18.7. The smallest absolute Gasteiger partial charge is 0.318 e. The fraction of sp³-hybridized carbons (Fsp3) is 0.600. The number of urea groups is 1. The van der Waals surface area contributed by atoms with Gasteiger partial charge >= 0.3 is 12.0 Å². The van der Waals surface area contributed by atoms with Crippen LogP contribution in [0.1, 0.15) is 49.8 Å². The number of likely N-dealkylation sites (tertiary alicyclic amines) is 1. The molecule has 0 bridgehead atoms. The number of nitrogens with zero attached hydrogens (tertiary/aromatic N) is 2. The first-order valence-electron chi connectivity index (χ1n) is 9.57. The van der Waals surface area contributed by atoms with Crippen molar-refractivity contribution in [1.82, 2.24) is 15.1 Å². The van der Waals surface area contributed by atoms with Crippen LogP contribution in [0, 0.1) is 6.92 Å². The lowest BCUT2D eigenvalue weighted by atomic mass is 9.85. The highest BCUT2D eigenvalue weighted by molar-refractivity contribution is 5.75.